The normalized spacial score (nSPS) is 10.8. The van der Waals surface area contributed by atoms with E-state index in [0.29, 0.717) is 0 Å². The summed E-state index contributed by atoms with van der Waals surface area (Å²) in [4.78, 5) is 7.34. The first-order valence-electron chi connectivity index (χ1n) is 5.05. The molecule has 78 valence electrons. The molecule has 2 aromatic heterocycles. The van der Waals surface area contributed by atoms with E-state index in [-0.39, 0.29) is 5.75 Å². The molecule has 0 aliphatic heterocycles. The van der Waals surface area contributed by atoms with Crippen LogP contribution in [0.25, 0.3) is 22.2 Å². The van der Waals surface area contributed by atoms with Crippen LogP contribution < -0.4 is 0 Å². The van der Waals surface area contributed by atoms with Gasteiger partial charge in [-0.1, -0.05) is 12.1 Å². The highest BCUT2D eigenvalue weighted by Gasteiger charge is 2.01. The summed E-state index contributed by atoms with van der Waals surface area (Å²) in [5.41, 5.74) is 2.98. The zero-order valence-corrected chi connectivity index (χ0v) is 8.51. The monoisotopic (exact) mass is 210 g/mol. The molecule has 0 saturated heterocycles. The van der Waals surface area contributed by atoms with Gasteiger partial charge in [0.25, 0.3) is 0 Å². The van der Waals surface area contributed by atoms with Crippen LogP contribution in [0.1, 0.15) is 0 Å². The lowest BCUT2D eigenvalue weighted by molar-refractivity contribution is 0.473. The van der Waals surface area contributed by atoms with Gasteiger partial charge < -0.3 is 10.1 Å². The fraction of sp³-hybridized carbons (Fsp3) is 0. The number of aromatic hydroxyl groups is 1. The van der Waals surface area contributed by atoms with Gasteiger partial charge in [-0.2, -0.15) is 0 Å². The molecule has 0 saturated carbocycles. The van der Waals surface area contributed by atoms with E-state index in [1.165, 1.54) is 11.6 Å². The Balaban J connectivity index is 2.14. The zero-order valence-electron chi connectivity index (χ0n) is 8.51. The number of nitrogens with zero attached hydrogens (tertiary/aromatic N) is 1. The molecule has 0 atom stereocenters. The maximum atomic E-state index is 9.17. The fourth-order valence-electron chi connectivity index (χ4n) is 1.76. The van der Waals surface area contributed by atoms with E-state index in [4.69, 9.17) is 0 Å². The standard InChI is InChI=1S/C13H10N2O/c16-11-3-4-12(15-8-11)10-2-1-9-5-6-14-13(9)7-10/h1-8,14,16H. The lowest BCUT2D eigenvalue weighted by Crippen LogP contribution is -1.82. The number of hydrogen-bond acceptors (Lipinski definition) is 2. The van der Waals surface area contributed by atoms with Gasteiger partial charge in [-0.05, 0) is 29.7 Å². The minimum Gasteiger partial charge on any atom is -0.506 e. The van der Waals surface area contributed by atoms with Gasteiger partial charge in [0.1, 0.15) is 5.75 Å². The molecular formula is C13H10N2O. The summed E-state index contributed by atoms with van der Waals surface area (Å²) >= 11 is 0. The van der Waals surface area contributed by atoms with Crippen LogP contribution in [-0.2, 0) is 0 Å². The number of benzene rings is 1. The first-order chi connectivity index (χ1) is 7.83. The van der Waals surface area contributed by atoms with Gasteiger partial charge in [-0.15, -0.1) is 0 Å². The zero-order chi connectivity index (χ0) is 11.0. The van der Waals surface area contributed by atoms with Gasteiger partial charge >= 0.3 is 0 Å². The number of nitrogens with one attached hydrogen (secondary N) is 1. The molecule has 0 bridgehead atoms. The summed E-state index contributed by atoms with van der Waals surface area (Å²) < 4.78 is 0. The topological polar surface area (TPSA) is 48.9 Å². The molecule has 0 amide bonds. The highest BCUT2D eigenvalue weighted by molar-refractivity contribution is 5.84. The molecule has 0 unspecified atom stereocenters. The second-order valence-corrected chi connectivity index (χ2v) is 3.68. The van der Waals surface area contributed by atoms with E-state index >= 15 is 0 Å². The van der Waals surface area contributed by atoms with Crippen molar-refractivity contribution >= 4 is 10.9 Å². The Kier molecular flexibility index (Phi) is 1.90. The molecule has 0 aliphatic carbocycles. The molecule has 3 rings (SSSR count). The minimum absolute atomic E-state index is 0.185. The number of aromatic amines is 1. The van der Waals surface area contributed by atoms with Gasteiger partial charge in [0, 0.05) is 17.3 Å². The summed E-state index contributed by atoms with van der Waals surface area (Å²) in [5, 5.41) is 10.4. The molecule has 1 aromatic carbocycles. The van der Waals surface area contributed by atoms with Gasteiger partial charge in [0.05, 0.1) is 11.9 Å². The van der Waals surface area contributed by atoms with Gasteiger partial charge in [-0.25, -0.2) is 0 Å². The van der Waals surface area contributed by atoms with E-state index in [1.807, 2.05) is 18.3 Å². The van der Waals surface area contributed by atoms with Crippen molar-refractivity contribution in [3.63, 3.8) is 0 Å². The van der Waals surface area contributed by atoms with Crippen LogP contribution in [0, 0.1) is 0 Å². The smallest absolute Gasteiger partial charge is 0.133 e. The first-order valence-corrected chi connectivity index (χ1v) is 5.05. The average Bonchev–Trinajstić information content (AvgIpc) is 2.77. The van der Waals surface area contributed by atoms with Crippen LogP contribution in [0.3, 0.4) is 0 Å². The molecule has 2 heterocycles. The SMILES string of the molecule is Oc1ccc(-c2ccc3cc[nH]c3c2)nc1. The van der Waals surface area contributed by atoms with Crippen LogP contribution in [0.15, 0.2) is 48.8 Å². The Labute approximate surface area is 92.4 Å². The van der Waals surface area contributed by atoms with E-state index in [0.717, 1.165) is 16.8 Å². The summed E-state index contributed by atoms with van der Waals surface area (Å²) in [6, 6.07) is 11.6. The third kappa shape index (κ3) is 1.42. The summed E-state index contributed by atoms with van der Waals surface area (Å²) in [6.07, 6.45) is 3.37. The molecular weight excluding hydrogens is 200 g/mol. The number of hydrogen-bond donors (Lipinski definition) is 2. The minimum atomic E-state index is 0.185. The number of fused-ring (bicyclic) bond motifs is 1. The van der Waals surface area contributed by atoms with Crippen LogP contribution >= 0.6 is 0 Å². The summed E-state index contributed by atoms with van der Waals surface area (Å²) in [5.74, 6) is 0.185. The fourth-order valence-corrected chi connectivity index (χ4v) is 1.76. The Morgan fingerprint density at radius 1 is 1.06 bits per heavy atom. The second-order valence-electron chi connectivity index (χ2n) is 3.68. The molecule has 3 heteroatoms. The number of rotatable bonds is 1. The third-order valence-electron chi connectivity index (χ3n) is 2.60. The summed E-state index contributed by atoms with van der Waals surface area (Å²) in [7, 11) is 0. The Morgan fingerprint density at radius 3 is 2.81 bits per heavy atom. The quantitative estimate of drug-likeness (QED) is 0.648. The van der Waals surface area contributed by atoms with E-state index in [1.54, 1.807) is 12.1 Å². The van der Waals surface area contributed by atoms with Crippen molar-refractivity contribution in [2.45, 2.75) is 0 Å². The first kappa shape index (κ1) is 8.97. The molecule has 0 fully saturated rings. The highest BCUT2D eigenvalue weighted by Crippen LogP contribution is 2.23. The van der Waals surface area contributed by atoms with E-state index in [9.17, 15) is 5.11 Å². The van der Waals surface area contributed by atoms with Crippen LogP contribution in [0.5, 0.6) is 5.75 Å². The van der Waals surface area contributed by atoms with Gasteiger partial charge in [0.15, 0.2) is 0 Å². The molecule has 2 N–H and O–H groups in total. The lowest BCUT2D eigenvalue weighted by Gasteiger charge is -2.01. The van der Waals surface area contributed by atoms with Crippen molar-refractivity contribution in [2.75, 3.05) is 0 Å². The van der Waals surface area contributed by atoms with Gasteiger partial charge in [0.2, 0.25) is 0 Å². The molecule has 0 spiro atoms. The average molecular weight is 210 g/mol. The Bertz CT molecular complexity index is 626. The maximum Gasteiger partial charge on any atom is 0.133 e. The number of pyridine rings is 1. The lowest BCUT2D eigenvalue weighted by atomic mass is 10.1. The van der Waals surface area contributed by atoms with Crippen molar-refractivity contribution in [1.82, 2.24) is 9.97 Å². The highest BCUT2D eigenvalue weighted by atomic mass is 16.3. The molecule has 3 nitrogen and oxygen atoms in total. The van der Waals surface area contributed by atoms with Crippen molar-refractivity contribution < 1.29 is 5.11 Å². The Morgan fingerprint density at radius 2 is 2.00 bits per heavy atom. The predicted molar refractivity (Wildman–Crippen MR) is 63.2 cm³/mol. The molecule has 16 heavy (non-hydrogen) atoms. The third-order valence-corrected chi connectivity index (χ3v) is 2.60. The van der Waals surface area contributed by atoms with Crippen molar-refractivity contribution in [1.29, 1.82) is 0 Å². The predicted octanol–water partition coefficient (Wildman–Crippen LogP) is 2.94. The van der Waals surface area contributed by atoms with E-state index < -0.39 is 0 Å². The number of aromatic nitrogens is 2. The van der Waals surface area contributed by atoms with Crippen LogP contribution in [-0.4, -0.2) is 15.1 Å². The second kappa shape index (κ2) is 3.38. The maximum absolute atomic E-state index is 9.17. The Hall–Kier alpha value is -2.29. The van der Waals surface area contributed by atoms with Crippen molar-refractivity contribution in [3.8, 4) is 17.0 Å². The number of H-pyrrole nitrogens is 1. The van der Waals surface area contributed by atoms with Gasteiger partial charge in [-0.3, -0.25) is 4.98 Å². The van der Waals surface area contributed by atoms with E-state index in [2.05, 4.69) is 22.1 Å². The molecule has 3 aromatic rings. The van der Waals surface area contributed by atoms with Crippen LogP contribution in [0.2, 0.25) is 0 Å². The van der Waals surface area contributed by atoms with Crippen LogP contribution in [0.4, 0.5) is 0 Å². The molecule has 0 aliphatic rings. The largest absolute Gasteiger partial charge is 0.506 e. The summed E-state index contributed by atoms with van der Waals surface area (Å²) in [6.45, 7) is 0. The molecule has 0 radical (unpaired) electrons. The van der Waals surface area contributed by atoms with Crippen molar-refractivity contribution in [2.24, 2.45) is 0 Å². The van der Waals surface area contributed by atoms with Crippen molar-refractivity contribution in [3.05, 3.63) is 48.8 Å².